The molecular formula is C14H19BrO3. The molecule has 3 nitrogen and oxygen atoms in total. The number of hydrogen-bond acceptors (Lipinski definition) is 3. The van der Waals surface area contributed by atoms with Gasteiger partial charge in [-0.3, -0.25) is 4.79 Å². The Bertz CT molecular complexity index is 416. The van der Waals surface area contributed by atoms with Crippen molar-refractivity contribution in [1.82, 2.24) is 0 Å². The smallest absolute Gasteiger partial charge is 0.230 e. The molecule has 4 heteroatoms. The van der Waals surface area contributed by atoms with E-state index in [1.165, 1.54) is 6.26 Å². The molecule has 2 rings (SSSR count). The van der Waals surface area contributed by atoms with Crippen molar-refractivity contribution in [1.29, 1.82) is 0 Å². The van der Waals surface area contributed by atoms with Crippen LogP contribution < -0.4 is 0 Å². The molecule has 0 saturated heterocycles. The van der Waals surface area contributed by atoms with E-state index in [2.05, 4.69) is 22.9 Å². The van der Waals surface area contributed by atoms with Crippen LogP contribution in [-0.2, 0) is 4.74 Å². The van der Waals surface area contributed by atoms with Crippen LogP contribution in [0.3, 0.4) is 0 Å². The normalized spacial score (nSPS) is 28.3. The minimum atomic E-state index is -0.679. The highest BCUT2D eigenvalue weighted by molar-refractivity contribution is 9.10. The van der Waals surface area contributed by atoms with Gasteiger partial charge in [-0.2, -0.15) is 0 Å². The molecule has 0 aliphatic heterocycles. The lowest BCUT2D eigenvalue weighted by molar-refractivity contribution is -0.0488. The molecule has 1 aliphatic carbocycles. The Hall–Kier alpha value is -0.610. The maximum Gasteiger partial charge on any atom is 0.230 e. The lowest BCUT2D eigenvalue weighted by Crippen LogP contribution is -2.44. The van der Waals surface area contributed by atoms with Crippen LogP contribution in [0.2, 0.25) is 0 Å². The summed E-state index contributed by atoms with van der Waals surface area (Å²) in [5.41, 5.74) is -0.679. The van der Waals surface area contributed by atoms with E-state index in [1.807, 2.05) is 6.92 Å². The minimum absolute atomic E-state index is 0.0203. The lowest BCUT2D eigenvalue weighted by Gasteiger charge is -2.37. The van der Waals surface area contributed by atoms with Crippen molar-refractivity contribution in [3.05, 3.63) is 22.6 Å². The first-order valence-corrected chi connectivity index (χ1v) is 7.30. The molecule has 0 atom stereocenters. The standard InChI is InChI=1S/C14H19BrO3/c1-3-18-14(7-4-10(2)5-8-14)13(16)12-11(15)6-9-17-12/h6,9-10H,3-5,7-8H2,1-2H3. The van der Waals surface area contributed by atoms with E-state index >= 15 is 0 Å². The number of hydrogen-bond donors (Lipinski definition) is 0. The first kappa shape index (κ1) is 13.8. The van der Waals surface area contributed by atoms with Gasteiger partial charge in [0.05, 0.1) is 10.7 Å². The summed E-state index contributed by atoms with van der Waals surface area (Å²) in [5.74, 6) is 1.04. The van der Waals surface area contributed by atoms with E-state index in [0.29, 0.717) is 22.8 Å². The van der Waals surface area contributed by atoms with Gasteiger partial charge in [0, 0.05) is 6.61 Å². The second kappa shape index (κ2) is 5.57. The van der Waals surface area contributed by atoms with Gasteiger partial charge in [-0.1, -0.05) is 6.92 Å². The molecule has 100 valence electrons. The highest BCUT2D eigenvalue weighted by Gasteiger charge is 2.44. The molecule has 0 radical (unpaired) electrons. The SMILES string of the molecule is CCOC1(C(=O)c2occc2Br)CCC(C)CC1. The van der Waals surface area contributed by atoms with Gasteiger partial charge >= 0.3 is 0 Å². The third-order valence-corrected chi connectivity index (χ3v) is 4.36. The fourth-order valence-electron chi connectivity index (χ4n) is 2.60. The fourth-order valence-corrected chi connectivity index (χ4v) is 2.99. The molecule has 1 aromatic heterocycles. The molecule has 0 aromatic carbocycles. The maximum atomic E-state index is 12.7. The minimum Gasteiger partial charge on any atom is -0.460 e. The molecule has 0 bridgehead atoms. The molecule has 1 aliphatic rings. The zero-order chi connectivity index (χ0) is 13.2. The number of rotatable bonds is 4. The van der Waals surface area contributed by atoms with E-state index in [-0.39, 0.29) is 5.78 Å². The van der Waals surface area contributed by atoms with E-state index in [9.17, 15) is 4.79 Å². The number of Topliss-reactive ketones (excluding diaryl/α,β-unsaturated/α-hetero) is 1. The Balaban J connectivity index is 2.25. The average molecular weight is 315 g/mol. The van der Waals surface area contributed by atoms with Gasteiger partial charge in [-0.05, 0) is 60.5 Å². The largest absolute Gasteiger partial charge is 0.460 e. The third-order valence-electron chi connectivity index (χ3n) is 3.74. The topological polar surface area (TPSA) is 39.4 Å². The molecule has 1 fully saturated rings. The number of furan rings is 1. The predicted octanol–water partition coefficient (Wildman–Crippen LogP) is 4.21. The number of halogens is 1. The van der Waals surface area contributed by atoms with E-state index < -0.39 is 5.60 Å². The zero-order valence-corrected chi connectivity index (χ0v) is 12.5. The number of ether oxygens (including phenoxy) is 1. The van der Waals surface area contributed by atoms with Crippen molar-refractivity contribution in [3.63, 3.8) is 0 Å². The molecule has 0 spiro atoms. The maximum absolute atomic E-state index is 12.7. The van der Waals surface area contributed by atoms with Gasteiger partial charge in [-0.15, -0.1) is 0 Å². The number of ketones is 1. The van der Waals surface area contributed by atoms with Crippen LogP contribution in [0, 0.1) is 5.92 Å². The summed E-state index contributed by atoms with van der Waals surface area (Å²) in [5, 5.41) is 0. The van der Waals surface area contributed by atoms with Crippen LogP contribution >= 0.6 is 15.9 Å². The molecular weight excluding hydrogens is 296 g/mol. The first-order chi connectivity index (χ1) is 8.59. The Labute approximate surface area is 116 Å². The Morgan fingerprint density at radius 3 is 2.72 bits per heavy atom. The summed E-state index contributed by atoms with van der Waals surface area (Å²) in [6.45, 7) is 4.71. The summed E-state index contributed by atoms with van der Waals surface area (Å²) in [7, 11) is 0. The van der Waals surface area contributed by atoms with Crippen LogP contribution in [0.1, 0.15) is 50.1 Å². The molecule has 18 heavy (non-hydrogen) atoms. The van der Waals surface area contributed by atoms with Crippen molar-refractivity contribution in [2.24, 2.45) is 5.92 Å². The van der Waals surface area contributed by atoms with Crippen molar-refractivity contribution in [2.45, 2.75) is 45.1 Å². The fraction of sp³-hybridized carbons (Fsp3) is 0.643. The molecule has 1 aromatic rings. The van der Waals surface area contributed by atoms with Crippen LogP contribution in [0.25, 0.3) is 0 Å². The van der Waals surface area contributed by atoms with Crippen molar-refractivity contribution in [3.8, 4) is 0 Å². The second-order valence-electron chi connectivity index (χ2n) is 5.04. The van der Waals surface area contributed by atoms with Crippen LogP contribution in [0.4, 0.5) is 0 Å². The van der Waals surface area contributed by atoms with Crippen molar-refractivity contribution in [2.75, 3.05) is 6.61 Å². The highest BCUT2D eigenvalue weighted by Crippen LogP contribution is 2.38. The van der Waals surface area contributed by atoms with Crippen LogP contribution in [0.15, 0.2) is 21.2 Å². The van der Waals surface area contributed by atoms with Gasteiger partial charge in [-0.25, -0.2) is 0 Å². The van der Waals surface area contributed by atoms with E-state index in [4.69, 9.17) is 9.15 Å². The highest BCUT2D eigenvalue weighted by atomic mass is 79.9. The van der Waals surface area contributed by atoms with Gasteiger partial charge in [0.15, 0.2) is 5.76 Å². The van der Waals surface area contributed by atoms with E-state index in [1.54, 1.807) is 6.07 Å². The van der Waals surface area contributed by atoms with Crippen molar-refractivity contribution >= 4 is 21.7 Å². The summed E-state index contributed by atoms with van der Waals surface area (Å²) < 4.78 is 11.8. The monoisotopic (exact) mass is 314 g/mol. The van der Waals surface area contributed by atoms with Gasteiger partial charge in [0.2, 0.25) is 5.78 Å². The Kier molecular flexibility index (Phi) is 4.28. The third kappa shape index (κ3) is 2.54. The summed E-state index contributed by atoms with van der Waals surface area (Å²) >= 11 is 3.35. The van der Waals surface area contributed by atoms with Gasteiger partial charge in [0.25, 0.3) is 0 Å². The predicted molar refractivity (Wildman–Crippen MR) is 72.7 cm³/mol. The number of carbonyl (C=O) groups is 1. The quantitative estimate of drug-likeness (QED) is 0.781. The summed E-state index contributed by atoms with van der Waals surface area (Å²) in [6, 6.07) is 1.75. The summed E-state index contributed by atoms with van der Waals surface area (Å²) in [6.07, 6.45) is 5.17. The molecule has 1 saturated carbocycles. The zero-order valence-electron chi connectivity index (χ0n) is 10.9. The first-order valence-electron chi connectivity index (χ1n) is 6.51. The van der Waals surface area contributed by atoms with Crippen LogP contribution in [-0.4, -0.2) is 18.0 Å². The van der Waals surface area contributed by atoms with Crippen molar-refractivity contribution < 1.29 is 13.9 Å². The number of carbonyl (C=O) groups excluding carboxylic acids is 1. The molecule has 0 amide bonds. The average Bonchev–Trinajstić information content (AvgIpc) is 2.78. The van der Waals surface area contributed by atoms with E-state index in [0.717, 1.165) is 25.7 Å². The van der Waals surface area contributed by atoms with Gasteiger partial charge < -0.3 is 9.15 Å². The second-order valence-corrected chi connectivity index (χ2v) is 5.89. The lowest BCUT2D eigenvalue weighted by atomic mass is 9.76. The summed E-state index contributed by atoms with van der Waals surface area (Å²) in [4.78, 5) is 12.7. The molecule has 0 unspecified atom stereocenters. The van der Waals surface area contributed by atoms with Crippen LogP contribution in [0.5, 0.6) is 0 Å². The Morgan fingerprint density at radius 1 is 1.56 bits per heavy atom. The van der Waals surface area contributed by atoms with Gasteiger partial charge in [0.1, 0.15) is 5.60 Å². The Morgan fingerprint density at radius 2 is 2.22 bits per heavy atom. The molecule has 0 N–H and O–H groups in total. The molecule has 1 heterocycles.